The van der Waals surface area contributed by atoms with E-state index < -0.39 is 8.07 Å². The van der Waals surface area contributed by atoms with E-state index in [1.807, 2.05) is 66.9 Å². The van der Waals surface area contributed by atoms with Gasteiger partial charge in [-0.25, -0.2) is 4.98 Å². The first-order valence-corrected chi connectivity index (χ1v) is 23.1. The van der Waals surface area contributed by atoms with Crippen LogP contribution in [0.3, 0.4) is 0 Å². The number of fused-ring (bicyclic) bond motifs is 4. The monoisotopic (exact) mass is 959 g/mol. The molecule has 6 aromatic carbocycles. The van der Waals surface area contributed by atoms with Gasteiger partial charge in [0.1, 0.15) is 0 Å². The number of furan rings is 1. The van der Waals surface area contributed by atoms with Crippen LogP contribution < -0.4 is 5.19 Å². The molecule has 4 heterocycles. The maximum atomic E-state index is 6.53. The number of rotatable bonds is 6. The van der Waals surface area contributed by atoms with Crippen molar-refractivity contribution in [3.8, 4) is 50.7 Å². The molecule has 1 radical (unpaired) electrons. The van der Waals surface area contributed by atoms with Crippen molar-refractivity contribution in [3.05, 3.63) is 187 Å². The molecule has 0 atom stereocenters. The van der Waals surface area contributed by atoms with E-state index >= 15 is 0 Å². The van der Waals surface area contributed by atoms with Crippen molar-refractivity contribution in [2.75, 3.05) is 0 Å². The van der Waals surface area contributed by atoms with Gasteiger partial charge in [0.2, 0.25) is 5.71 Å². The van der Waals surface area contributed by atoms with Crippen LogP contribution in [0.25, 0.3) is 83.8 Å². The van der Waals surface area contributed by atoms with Crippen molar-refractivity contribution in [1.29, 1.82) is 0 Å². The van der Waals surface area contributed by atoms with Crippen LogP contribution in [0.2, 0.25) is 19.6 Å². The Kier molecular flexibility index (Phi) is 11.1. The molecule has 5 nitrogen and oxygen atoms in total. The molecular weight excluding hydrogens is 917 g/mol. The predicted octanol–water partition coefficient (Wildman–Crippen LogP) is 12.8. The fourth-order valence-corrected chi connectivity index (χ4v) is 8.67. The van der Waals surface area contributed by atoms with Crippen molar-refractivity contribution >= 4 is 46.4 Å². The second kappa shape index (κ2) is 16.6. The normalized spacial score (nSPS) is 11.3. The van der Waals surface area contributed by atoms with Crippen LogP contribution in [0, 0.1) is 26.0 Å². The molecule has 0 fully saturated rings. The van der Waals surface area contributed by atoms with Gasteiger partial charge in [0.25, 0.3) is 0 Å². The number of para-hydroxylation sites is 2. The van der Waals surface area contributed by atoms with Crippen molar-refractivity contribution < 1.29 is 24.5 Å². The van der Waals surface area contributed by atoms with Crippen LogP contribution in [-0.4, -0.2) is 27.6 Å². The van der Waals surface area contributed by atoms with Crippen LogP contribution in [0.15, 0.2) is 168 Å². The van der Waals surface area contributed by atoms with Gasteiger partial charge >= 0.3 is 0 Å². The van der Waals surface area contributed by atoms with E-state index in [0.29, 0.717) is 5.71 Å². The van der Waals surface area contributed by atoms with Crippen LogP contribution in [0.5, 0.6) is 0 Å². The summed E-state index contributed by atoms with van der Waals surface area (Å²) in [6.07, 6.45) is 2.02. The van der Waals surface area contributed by atoms with Crippen molar-refractivity contribution in [3.63, 3.8) is 0 Å². The third-order valence-corrected chi connectivity index (χ3v) is 12.6. The maximum absolute atomic E-state index is 6.53. The van der Waals surface area contributed by atoms with E-state index in [4.69, 9.17) is 14.4 Å². The fraction of sp³-hybridized carbons (Fsp3) is 0.0962. The summed E-state index contributed by atoms with van der Waals surface area (Å²) in [6.45, 7) is 11.3. The van der Waals surface area contributed by atoms with Gasteiger partial charge in [-0.1, -0.05) is 116 Å². The number of benzene rings is 6. The van der Waals surface area contributed by atoms with Crippen LogP contribution >= 0.6 is 0 Å². The molecule has 291 valence electrons. The average molecular weight is 959 g/mol. The summed E-state index contributed by atoms with van der Waals surface area (Å²) < 4.78 is 8.79. The van der Waals surface area contributed by atoms with Gasteiger partial charge in [0.05, 0.1) is 36.2 Å². The number of nitrogens with zero attached hydrogens (tertiary/aromatic N) is 4. The standard InChI is InChI=1S/C38H26N3O.C14H16NSi.Ir/c1-24-22-28(26-12-5-3-6-13-26)23-25(2)35(24)41-34-19-10-9-18-33(34)39-37(41)31-17-11-16-29-30-20-21-32(27-14-7-4-8-15-27)40-38(30)42-36(29)31;1-16(2,3)13-9-10-14(15-11-13)12-7-5-4-6-8-12;/h3-16,18-23H,1-2H3;4-7,9-11H,1-3H3;/q2*-1;. The van der Waals surface area contributed by atoms with Gasteiger partial charge in [-0.3, -0.25) is 4.98 Å². The van der Waals surface area contributed by atoms with Crippen LogP contribution in [-0.2, 0) is 20.1 Å². The second-order valence-corrected chi connectivity index (χ2v) is 20.7. The zero-order valence-electron chi connectivity index (χ0n) is 33.6. The minimum Gasteiger partial charge on any atom is -0.486 e. The third-order valence-electron chi connectivity index (χ3n) is 10.6. The van der Waals surface area contributed by atoms with Crippen LogP contribution in [0.1, 0.15) is 11.1 Å². The molecule has 0 aliphatic heterocycles. The summed E-state index contributed by atoms with van der Waals surface area (Å²) in [6, 6.07) is 60.6. The van der Waals surface area contributed by atoms with Crippen molar-refractivity contribution in [2.45, 2.75) is 33.5 Å². The molecule has 0 N–H and O–H groups in total. The predicted molar refractivity (Wildman–Crippen MR) is 242 cm³/mol. The number of aryl methyl sites for hydroxylation is 2. The van der Waals surface area contributed by atoms with E-state index in [9.17, 15) is 0 Å². The Morgan fingerprint density at radius 2 is 1.27 bits per heavy atom. The molecule has 0 aliphatic carbocycles. The number of aromatic nitrogens is 4. The number of hydrogen-bond acceptors (Lipinski definition) is 4. The Balaban J connectivity index is 0.000000240. The molecule has 0 aliphatic rings. The summed E-state index contributed by atoms with van der Waals surface area (Å²) in [5.74, 6) is 0.794. The van der Waals surface area contributed by atoms with E-state index in [1.165, 1.54) is 27.4 Å². The molecule has 10 rings (SSSR count). The Morgan fingerprint density at radius 3 is 1.95 bits per heavy atom. The van der Waals surface area contributed by atoms with E-state index in [-0.39, 0.29) is 20.1 Å². The van der Waals surface area contributed by atoms with Gasteiger partial charge in [-0.2, -0.15) is 0 Å². The minimum absolute atomic E-state index is 0. The molecule has 10 aromatic rings. The Labute approximate surface area is 359 Å². The molecule has 0 amide bonds. The molecule has 0 saturated heterocycles. The molecule has 7 heteroatoms. The minimum atomic E-state index is -1.23. The van der Waals surface area contributed by atoms with Crippen molar-refractivity contribution in [1.82, 2.24) is 19.5 Å². The van der Waals surface area contributed by atoms with Gasteiger partial charge in [-0.15, -0.1) is 54.1 Å². The molecule has 0 saturated carbocycles. The summed E-state index contributed by atoms with van der Waals surface area (Å²) in [5.41, 5.74) is 14.0. The second-order valence-electron chi connectivity index (χ2n) is 15.7. The molecule has 0 unspecified atom stereocenters. The molecule has 4 aromatic heterocycles. The fourth-order valence-electron chi connectivity index (χ4n) is 7.63. The zero-order chi connectivity index (χ0) is 39.8. The summed E-state index contributed by atoms with van der Waals surface area (Å²) in [7, 11) is -1.23. The van der Waals surface area contributed by atoms with Gasteiger partial charge in [-0.05, 0) is 83.4 Å². The molecule has 0 spiro atoms. The molecule has 59 heavy (non-hydrogen) atoms. The van der Waals surface area contributed by atoms with Gasteiger partial charge in [0, 0.05) is 42.9 Å². The summed E-state index contributed by atoms with van der Waals surface area (Å²) in [5, 5.41) is 3.37. The van der Waals surface area contributed by atoms with E-state index in [2.05, 4.69) is 152 Å². The molecule has 0 bridgehead atoms. The van der Waals surface area contributed by atoms with Gasteiger partial charge < -0.3 is 14.0 Å². The third kappa shape index (κ3) is 7.85. The molecular formula is C52H42IrN4OSi-2. The Bertz CT molecular complexity index is 3020. The first kappa shape index (κ1) is 39.6. The number of hydrogen-bond donors (Lipinski definition) is 0. The average Bonchev–Trinajstić information content (AvgIpc) is 3.83. The first-order chi connectivity index (χ1) is 28.2. The largest absolute Gasteiger partial charge is 0.486 e. The quantitative estimate of drug-likeness (QED) is 0.123. The Morgan fingerprint density at radius 1 is 0.593 bits per heavy atom. The Hall–Kier alpha value is -6.24. The smallest absolute Gasteiger partial charge is 0.216 e. The maximum Gasteiger partial charge on any atom is 0.216 e. The van der Waals surface area contributed by atoms with E-state index in [1.54, 1.807) is 0 Å². The topological polar surface area (TPSA) is 56.7 Å². The summed E-state index contributed by atoms with van der Waals surface area (Å²) in [4.78, 5) is 14.6. The first-order valence-electron chi connectivity index (χ1n) is 19.6. The van der Waals surface area contributed by atoms with Gasteiger partial charge in [0.15, 0.2) is 0 Å². The summed E-state index contributed by atoms with van der Waals surface area (Å²) >= 11 is 0. The van der Waals surface area contributed by atoms with E-state index in [0.717, 1.165) is 67.0 Å². The SMILES string of the molecule is C[Si](C)(C)c1ccc(-c2[c-]cccc2)nc1.Cc1cc(-c2ccccc2)cc(C)c1-n1c(-c2[c-]ccc3c2oc2nc(-c4ccccc4)ccc23)nc2ccccc21.[Ir]. The zero-order valence-corrected chi connectivity index (χ0v) is 37.0. The number of imidazole rings is 1. The van der Waals surface area contributed by atoms with Crippen LogP contribution in [0.4, 0.5) is 0 Å². The van der Waals surface area contributed by atoms with Crippen molar-refractivity contribution in [2.24, 2.45) is 0 Å². The number of pyridine rings is 2.